The number of aryl methyl sites for hydroxylation is 1. The van der Waals surface area contributed by atoms with Gasteiger partial charge in [-0.1, -0.05) is 12.1 Å². The van der Waals surface area contributed by atoms with E-state index in [0.717, 1.165) is 36.0 Å². The summed E-state index contributed by atoms with van der Waals surface area (Å²) in [5, 5.41) is 16.2. The lowest BCUT2D eigenvalue weighted by Gasteiger charge is -2.22. The van der Waals surface area contributed by atoms with Gasteiger partial charge in [0, 0.05) is 11.6 Å². The number of aromatic nitrogens is 5. The third-order valence-corrected chi connectivity index (χ3v) is 4.41. The summed E-state index contributed by atoms with van der Waals surface area (Å²) in [6.45, 7) is 1.40. The molecule has 0 spiro atoms. The number of rotatable bonds is 4. The molecule has 1 atom stereocenters. The van der Waals surface area contributed by atoms with Gasteiger partial charge >= 0.3 is 0 Å². The smallest absolute Gasteiger partial charge is 0.241 e. The number of anilines is 1. The van der Waals surface area contributed by atoms with E-state index < -0.39 is 0 Å². The van der Waals surface area contributed by atoms with Crippen LogP contribution in [0.4, 0.5) is 5.69 Å². The molecule has 0 aliphatic carbocycles. The largest absolute Gasteiger partial charge is 0.359 e. The maximum Gasteiger partial charge on any atom is 0.241 e. The average molecular weight is 325 g/mol. The van der Waals surface area contributed by atoms with Crippen LogP contribution in [0.1, 0.15) is 18.7 Å². The molecule has 0 saturated carbocycles. The minimum atomic E-state index is -0.168. The number of para-hydroxylation sites is 1. The highest BCUT2D eigenvalue weighted by Crippen LogP contribution is 2.24. The summed E-state index contributed by atoms with van der Waals surface area (Å²) >= 11 is 0. The molecule has 1 fully saturated rings. The first-order valence-electron chi connectivity index (χ1n) is 8.04. The third kappa shape index (κ3) is 2.76. The van der Waals surface area contributed by atoms with E-state index in [9.17, 15) is 4.79 Å². The summed E-state index contributed by atoms with van der Waals surface area (Å²) in [4.78, 5) is 19.5. The summed E-state index contributed by atoms with van der Waals surface area (Å²) in [6.07, 6.45) is 3.71. The van der Waals surface area contributed by atoms with Crippen molar-refractivity contribution in [3.8, 4) is 0 Å². The van der Waals surface area contributed by atoms with Crippen LogP contribution in [0.3, 0.4) is 0 Å². The minimum Gasteiger partial charge on any atom is -0.359 e. The zero-order valence-electron chi connectivity index (χ0n) is 13.4. The Kier molecular flexibility index (Phi) is 3.73. The first-order valence-corrected chi connectivity index (χ1v) is 8.04. The molecule has 8 heteroatoms. The van der Waals surface area contributed by atoms with Crippen molar-refractivity contribution in [2.75, 3.05) is 11.9 Å². The minimum absolute atomic E-state index is 0.0125. The summed E-state index contributed by atoms with van der Waals surface area (Å²) in [5.74, 6) is 0.655. The number of likely N-dealkylation sites (tertiary alicyclic amines) is 1. The van der Waals surface area contributed by atoms with Gasteiger partial charge in [-0.25, -0.2) is 0 Å². The predicted octanol–water partition coefficient (Wildman–Crippen LogP) is 1.29. The Bertz CT molecular complexity index is 868. The second kappa shape index (κ2) is 6.04. The highest BCUT2D eigenvalue weighted by molar-refractivity contribution is 6.02. The Morgan fingerprint density at radius 1 is 1.42 bits per heavy atom. The number of nitrogens with zero attached hydrogens (tertiary/aromatic N) is 5. The quantitative estimate of drug-likeness (QED) is 0.754. The van der Waals surface area contributed by atoms with Gasteiger partial charge in [-0.15, -0.1) is 10.2 Å². The zero-order valence-corrected chi connectivity index (χ0v) is 13.4. The van der Waals surface area contributed by atoms with Crippen molar-refractivity contribution in [3.63, 3.8) is 0 Å². The van der Waals surface area contributed by atoms with Crippen molar-refractivity contribution in [1.29, 1.82) is 0 Å². The standard InChI is InChI=1S/C16H19N7O/c1-22-20-14(19-21-22)10-23-9-3-6-13(23)16(24)18-12-5-2-4-11-7-8-17-15(11)12/h2,4-5,7-8,13,17H,3,6,9-10H2,1H3,(H,18,24)/t13-/m0/s1. The van der Waals surface area contributed by atoms with Crippen LogP contribution in [0.25, 0.3) is 10.9 Å². The van der Waals surface area contributed by atoms with E-state index in [1.165, 1.54) is 4.80 Å². The summed E-state index contributed by atoms with van der Waals surface area (Å²) < 4.78 is 0. The number of amides is 1. The molecule has 1 aliphatic rings. The predicted molar refractivity (Wildman–Crippen MR) is 89.2 cm³/mol. The van der Waals surface area contributed by atoms with Crippen molar-refractivity contribution in [2.24, 2.45) is 7.05 Å². The Labute approximate surface area is 138 Å². The highest BCUT2D eigenvalue weighted by Gasteiger charge is 2.31. The lowest BCUT2D eigenvalue weighted by Crippen LogP contribution is -2.39. The van der Waals surface area contributed by atoms with E-state index in [2.05, 4.69) is 30.6 Å². The van der Waals surface area contributed by atoms with Gasteiger partial charge in [-0.3, -0.25) is 9.69 Å². The fourth-order valence-electron chi connectivity index (χ4n) is 3.29. The van der Waals surface area contributed by atoms with E-state index in [0.29, 0.717) is 12.4 Å². The number of tetrazole rings is 1. The van der Waals surface area contributed by atoms with Gasteiger partial charge in [-0.2, -0.15) is 4.80 Å². The number of carbonyl (C=O) groups excluding carboxylic acids is 1. The Morgan fingerprint density at radius 2 is 2.33 bits per heavy atom. The normalized spacial score (nSPS) is 18.3. The molecular weight excluding hydrogens is 306 g/mol. The van der Waals surface area contributed by atoms with Crippen molar-refractivity contribution >= 4 is 22.5 Å². The second-order valence-corrected chi connectivity index (χ2v) is 6.06. The fourth-order valence-corrected chi connectivity index (χ4v) is 3.29. The van der Waals surface area contributed by atoms with Crippen LogP contribution in [-0.4, -0.2) is 48.6 Å². The van der Waals surface area contributed by atoms with Crippen LogP contribution in [0.5, 0.6) is 0 Å². The molecular formula is C16H19N7O. The molecule has 8 nitrogen and oxygen atoms in total. The fraction of sp³-hybridized carbons (Fsp3) is 0.375. The molecule has 0 bridgehead atoms. The van der Waals surface area contributed by atoms with Crippen LogP contribution < -0.4 is 5.32 Å². The number of aromatic amines is 1. The van der Waals surface area contributed by atoms with Gasteiger partial charge in [0.15, 0.2) is 5.82 Å². The van der Waals surface area contributed by atoms with Crippen LogP contribution in [-0.2, 0) is 18.4 Å². The molecule has 3 aromatic rings. The number of carbonyl (C=O) groups is 1. The number of hydrogen-bond acceptors (Lipinski definition) is 5. The SMILES string of the molecule is Cn1nnc(CN2CCC[C@H]2C(=O)Nc2cccc3cc[nH]c23)n1. The number of benzene rings is 1. The van der Waals surface area contributed by atoms with Crippen LogP contribution >= 0.6 is 0 Å². The highest BCUT2D eigenvalue weighted by atomic mass is 16.2. The lowest BCUT2D eigenvalue weighted by molar-refractivity contribution is -0.120. The summed E-state index contributed by atoms with van der Waals surface area (Å²) in [6, 6.07) is 7.71. The van der Waals surface area contributed by atoms with Gasteiger partial charge in [0.2, 0.25) is 5.91 Å². The molecule has 1 amide bonds. The van der Waals surface area contributed by atoms with Gasteiger partial charge in [-0.05, 0) is 36.7 Å². The van der Waals surface area contributed by atoms with Crippen molar-refractivity contribution in [3.05, 3.63) is 36.3 Å². The maximum absolute atomic E-state index is 12.8. The molecule has 1 aliphatic heterocycles. The van der Waals surface area contributed by atoms with Crippen LogP contribution in [0.15, 0.2) is 30.5 Å². The lowest BCUT2D eigenvalue weighted by atomic mass is 10.2. The summed E-state index contributed by atoms with van der Waals surface area (Å²) in [5.41, 5.74) is 1.76. The number of nitrogens with one attached hydrogen (secondary N) is 2. The number of hydrogen-bond donors (Lipinski definition) is 2. The Morgan fingerprint density at radius 3 is 3.17 bits per heavy atom. The number of H-pyrrole nitrogens is 1. The van der Waals surface area contributed by atoms with E-state index in [-0.39, 0.29) is 11.9 Å². The molecule has 1 aromatic carbocycles. The van der Waals surface area contributed by atoms with Gasteiger partial charge in [0.05, 0.1) is 30.8 Å². The molecule has 124 valence electrons. The van der Waals surface area contributed by atoms with Gasteiger partial charge in [0.25, 0.3) is 0 Å². The molecule has 24 heavy (non-hydrogen) atoms. The molecule has 3 heterocycles. The van der Waals surface area contributed by atoms with Crippen LogP contribution in [0.2, 0.25) is 0 Å². The molecule has 4 rings (SSSR count). The van der Waals surface area contributed by atoms with E-state index in [4.69, 9.17) is 0 Å². The second-order valence-electron chi connectivity index (χ2n) is 6.06. The van der Waals surface area contributed by atoms with E-state index >= 15 is 0 Å². The number of fused-ring (bicyclic) bond motifs is 1. The van der Waals surface area contributed by atoms with Gasteiger partial charge in [0.1, 0.15) is 0 Å². The Balaban J connectivity index is 1.49. The van der Waals surface area contributed by atoms with Crippen molar-refractivity contribution < 1.29 is 4.79 Å². The Hall–Kier alpha value is -2.74. The zero-order chi connectivity index (χ0) is 16.5. The summed E-state index contributed by atoms with van der Waals surface area (Å²) in [7, 11) is 1.74. The molecule has 0 unspecified atom stereocenters. The topological polar surface area (TPSA) is 91.7 Å². The van der Waals surface area contributed by atoms with E-state index in [1.807, 2.05) is 30.5 Å². The van der Waals surface area contributed by atoms with Crippen LogP contribution in [0, 0.1) is 0 Å². The van der Waals surface area contributed by atoms with Crippen molar-refractivity contribution in [1.82, 2.24) is 30.1 Å². The maximum atomic E-state index is 12.8. The molecule has 2 N–H and O–H groups in total. The first kappa shape index (κ1) is 14.8. The van der Waals surface area contributed by atoms with Gasteiger partial charge < -0.3 is 10.3 Å². The third-order valence-electron chi connectivity index (χ3n) is 4.41. The van der Waals surface area contributed by atoms with E-state index in [1.54, 1.807) is 7.05 Å². The first-order chi connectivity index (χ1) is 11.7. The monoisotopic (exact) mass is 325 g/mol. The average Bonchev–Trinajstić information content (AvgIpc) is 3.29. The molecule has 2 aromatic heterocycles. The molecule has 1 saturated heterocycles. The molecule has 0 radical (unpaired) electrons. The van der Waals surface area contributed by atoms with Crippen molar-refractivity contribution in [2.45, 2.75) is 25.4 Å².